The van der Waals surface area contributed by atoms with Crippen LogP contribution >= 0.6 is 11.3 Å². The molecule has 0 spiro atoms. The maximum absolute atomic E-state index is 11.6. The predicted molar refractivity (Wildman–Crippen MR) is 103 cm³/mol. The molecule has 1 aromatic carbocycles. The maximum Gasteiger partial charge on any atom is 0.251 e. The molecule has 0 unspecified atom stereocenters. The van der Waals surface area contributed by atoms with Crippen LogP contribution in [0.25, 0.3) is 0 Å². The first-order chi connectivity index (χ1) is 12.0. The van der Waals surface area contributed by atoms with E-state index in [-0.39, 0.29) is 5.91 Å². The lowest BCUT2D eigenvalue weighted by Crippen LogP contribution is -2.38. The average Bonchev–Trinajstić information content (AvgIpc) is 3.03. The van der Waals surface area contributed by atoms with Crippen molar-refractivity contribution in [2.75, 3.05) is 20.6 Å². The van der Waals surface area contributed by atoms with Crippen LogP contribution in [0.3, 0.4) is 0 Å². The molecular weight excluding hydrogens is 334 g/mol. The van der Waals surface area contributed by atoms with Gasteiger partial charge in [-0.05, 0) is 31.5 Å². The second kappa shape index (κ2) is 9.17. The Morgan fingerprint density at radius 3 is 2.60 bits per heavy atom. The van der Waals surface area contributed by atoms with E-state index in [0.29, 0.717) is 18.7 Å². The van der Waals surface area contributed by atoms with Gasteiger partial charge in [0.15, 0.2) is 5.96 Å². The highest BCUT2D eigenvalue weighted by atomic mass is 32.1. The average molecular weight is 359 g/mol. The van der Waals surface area contributed by atoms with Crippen LogP contribution in [-0.2, 0) is 13.1 Å². The Kier molecular flexibility index (Phi) is 6.94. The van der Waals surface area contributed by atoms with Gasteiger partial charge in [0, 0.05) is 31.6 Å². The van der Waals surface area contributed by atoms with Gasteiger partial charge in [-0.15, -0.1) is 11.3 Å². The SMILES string of the molecule is CCNC(=NCc1ccc(C(=O)NC)cc1)N(C)Cc1csc(C)n1. The lowest BCUT2D eigenvalue weighted by molar-refractivity contribution is 0.0963. The molecule has 0 fully saturated rings. The number of aliphatic imine (C=N–C) groups is 1. The summed E-state index contributed by atoms with van der Waals surface area (Å²) >= 11 is 1.66. The first-order valence-corrected chi connectivity index (χ1v) is 9.13. The molecular formula is C18H25N5OS. The normalized spacial score (nSPS) is 11.3. The fourth-order valence-electron chi connectivity index (χ4n) is 2.34. The first-order valence-electron chi connectivity index (χ1n) is 8.25. The van der Waals surface area contributed by atoms with Crippen molar-refractivity contribution in [2.45, 2.75) is 26.9 Å². The number of amides is 1. The Balaban J connectivity index is 2.04. The number of aryl methyl sites for hydroxylation is 1. The summed E-state index contributed by atoms with van der Waals surface area (Å²) < 4.78 is 0. The minimum Gasteiger partial charge on any atom is -0.357 e. The van der Waals surface area contributed by atoms with Gasteiger partial charge >= 0.3 is 0 Å². The number of aromatic nitrogens is 1. The van der Waals surface area contributed by atoms with Crippen molar-refractivity contribution in [1.29, 1.82) is 0 Å². The molecule has 2 rings (SSSR count). The topological polar surface area (TPSA) is 69.6 Å². The number of nitrogens with zero attached hydrogens (tertiary/aromatic N) is 3. The molecule has 0 radical (unpaired) electrons. The highest BCUT2D eigenvalue weighted by molar-refractivity contribution is 7.09. The molecule has 0 aliphatic carbocycles. The number of carbonyl (C=O) groups is 1. The molecule has 0 atom stereocenters. The highest BCUT2D eigenvalue weighted by Crippen LogP contribution is 2.10. The highest BCUT2D eigenvalue weighted by Gasteiger charge is 2.09. The third-order valence-electron chi connectivity index (χ3n) is 3.62. The van der Waals surface area contributed by atoms with E-state index in [1.165, 1.54) is 0 Å². The van der Waals surface area contributed by atoms with Crippen LogP contribution in [-0.4, -0.2) is 42.4 Å². The van der Waals surface area contributed by atoms with E-state index in [9.17, 15) is 4.79 Å². The van der Waals surface area contributed by atoms with Gasteiger partial charge in [-0.1, -0.05) is 12.1 Å². The lowest BCUT2D eigenvalue weighted by atomic mass is 10.1. The minimum absolute atomic E-state index is 0.0818. The van der Waals surface area contributed by atoms with Gasteiger partial charge in [0.2, 0.25) is 0 Å². The number of carbonyl (C=O) groups excluding carboxylic acids is 1. The van der Waals surface area contributed by atoms with Crippen LogP contribution in [0.2, 0.25) is 0 Å². The van der Waals surface area contributed by atoms with Crippen LogP contribution in [0, 0.1) is 6.92 Å². The van der Waals surface area contributed by atoms with E-state index in [2.05, 4.69) is 37.8 Å². The molecule has 1 heterocycles. The van der Waals surface area contributed by atoms with Gasteiger partial charge in [-0.25, -0.2) is 9.98 Å². The molecule has 1 aromatic heterocycles. The number of thiazole rings is 1. The van der Waals surface area contributed by atoms with E-state index < -0.39 is 0 Å². The fraction of sp³-hybridized carbons (Fsp3) is 0.389. The van der Waals surface area contributed by atoms with Crippen LogP contribution in [0.4, 0.5) is 0 Å². The number of nitrogens with one attached hydrogen (secondary N) is 2. The minimum atomic E-state index is -0.0818. The van der Waals surface area contributed by atoms with Crippen molar-refractivity contribution in [3.63, 3.8) is 0 Å². The Labute approximate surface area is 153 Å². The van der Waals surface area contributed by atoms with Crippen LogP contribution in [0.5, 0.6) is 0 Å². The van der Waals surface area contributed by atoms with Gasteiger partial charge in [-0.3, -0.25) is 4.79 Å². The smallest absolute Gasteiger partial charge is 0.251 e. The summed E-state index contributed by atoms with van der Waals surface area (Å²) in [6.45, 7) is 6.13. The van der Waals surface area contributed by atoms with Crippen molar-refractivity contribution in [2.24, 2.45) is 4.99 Å². The standard InChI is InChI=1S/C18H25N5OS/c1-5-20-18(23(4)11-16-12-25-13(2)22-16)21-10-14-6-8-15(9-7-14)17(24)19-3/h6-9,12H,5,10-11H2,1-4H3,(H,19,24)(H,20,21). The van der Waals surface area contributed by atoms with Crippen LogP contribution in [0.15, 0.2) is 34.6 Å². The third-order valence-corrected chi connectivity index (χ3v) is 4.44. The van der Waals surface area contributed by atoms with Gasteiger partial charge in [0.25, 0.3) is 5.91 Å². The summed E-state index contributed by atoms with van der Waals surface area (Å²) in [4.78, 5) is 22.8. The first kappa shape index (κ1) is 18.9. The largest absolute Gasteiger partial charge is 0.357 e. The molecule has 0 bridgehead atoms. The summed E-state index contributed by atoms with van der Waals surface area (Å²) in [7, 11) is 3.63. The molecule has 134 valence electrons. The van der Waals surface area contributed by atoms with Crippen LogP contribution < -0.4 is 10.6 Å². The van der Waals surface area contributed by atoms with E-state index in [4.69, 9.17) is 0 Å². The van der Waals surface area contributed by atoms with Crippen molar-refractivity contribution >= 4 is 23.2 Å². The molecule has 2 N–H and O–H groups in total. The second-order valence-corrected chi connectivity index (χ2v) is 6.72. The van der Waals surface area contributed by atoms with Crippen molar-refractivity contribution in [3.8, 4) is 0 Å². The summed E-state index contributed by atoms with van der Waals surface area (Å²) in [5.74, 6) is 0.755. The van der Waals surface area contributed by atoms with Crippen molar-refractivity contribution in [3.05, 3.63) is 51.5 Å². The monoisotopic (exact) mass is 359 g/mol. The predicted octanol–water partition coefficient (Wildman–Crippen LogP) is 2.41. The van der Waals surface area contributed by atoms with Gasteiger partial charge < -0.3 is 15.5 Å². The number of rotatable bonds is 6. The maximum atomic E-state index is 11.6. The zero-order valence-electron chi connectivity index (χ0n) is 15.2. The van der Waals surface area contributed by atoms with Gasteiger partial charge in [0.1, 0.15) is 0 Å². The van der Waals surface area contributed by atoms with Crippen LogP contribution in [0.1, 0.15) is 33.5 Å². The third kappa shape index (κ3) is 5.56. The van der Waals surface area contributed by atoms with E-state index in [1.807, 2.05) is 38.2 Å². The number of benzene rings is 1. The quantitative estimate of drug-likeness (QED) is 0.614. The molecule has 2 aromatic rings. The Morgan fingerprint density at radius 1 is 1.32 bits per heavy atom. The van der Waals surface area contributed by atoms with E-state index in [1.54, 1.807) is 18.4 Å². The van der Waals surface area contributed by atoms with E-state index >= 15 is 0 Å². The summed E-state index contributed by atoms with van der Waals surface area (Å²) in [6, 6.07) is 7.50. The molecule has 7 heteroatoms. The molecule has 25 heavy (non-hydrogen) atoms. The number of guanidine groups is 1. The molecule has 6 nitrogen and oxygen atoms in total. The zero-order chi connectivity index (χ0) is 18.2. The zero-order valence-corrected chi connectivity index (χ0v) is 16.0. The van der Waals surface area contributed by atoms with Crippen molar-refractivity contribution in [1.82, 2.24) is 20.5 Å². The number of hydrogen-bond donors (Lipinski definition) is 2. The Bertz CT molecular complexity index is 723. The van der Waals surface area contributed by atoms with Crippen molar-refractivity contribution < 1.29 is 4.79 Å². The summed E-state index contributed by atoms with van der Waals surface area (Å²) in [6.07, 6.45) is 0. The number of hydrogen-bond acceptors (Lipinski definition) is 4. The summed E-state index contributed by atoms with van der Waals surface area (Å²) in [5, 5.41) is 9.07. The van der Waals surface area contributed by atoms with E-state index in [0.717, 1.165) is 28.8 Å². The van der Waals surface area contributed by atoms with Gasteiger partial charge in [-0.2, -0.15) is 0 Å². The Hall–Kier alpha value is -2.41. The Morgan fingerprint density at radius 2 is 2.04 bits per heavy atom. The molecule has 0 aliphatic heterocycles. The summed E-state index contributed by atoms with van der Waals surface area (Å²) in [5.41, 5.74) is 2.75. The molecule has 0 saturated carbocycles. The molecule has 0 saturated heterocycles. The lowest BCUT2D eigenvalue weighted by Gasteiger charge is -2.21. The molecule has 1 amide bonds. The fourth-order valence-corrected chi connectivity index (χ4v) is 2.94. The van der Waals surface area contributed by atoms with Gasteiger partial charge in [0.05, 0.1) is 23.8 Å². The molecule has 0 aliphatic rings. The second-order valence-electron chi connectivity index (χ2n) is 5.66.